The van der Waals surface area contributed by atoms with Gasteiger partial charge in [0.1, 0.15) is 0 Å². The molecule has 0 unspecified atom stereocenters. The second-order valence-corrected chi connectivity index (χ2v) is 3.91. The number of rotatable bonds is 1. The van der Waals surface area contributed by atoms with Crippen molar-refractivity contribution in [3.8, 4) is 0 Å². The van der Waals surface area contributed by atoms with Gasteiger partial charge in [-0.1, -0.05) is 0 Å². The highest BCUT2D eigenvalue weighted by Crippen LogP contribution is 2.11. The van der Waals surface area contributed by atoms with Crippen LogP contribution < -0.4 is 0 Å². The van der Waals surface area contributed by atoms with Crippen LogP contribution in [0.1, 0.15) is 35.4 Å². The molecule has 0 saturated carbocycles. The number of likely N-dealkylation sites (tertiary alicyclic amines) is 1. The van der Waals surface area contributed by atoms with Crippen LogP contribution >= 0.6 is 0 Å². The highest BCUT2D eigenvalue weighted by Gasteiger charge is 2.19. The van der Waals surface area contributed by atoms with Crippen LogP contribution in [0.25, 0.3) is 0 Å². The van der Waals surface area contributed by atoms with Crippen molar-refractivity contribution in [3.63, 3.8) is 0 Å². The summed E-state index contributed by atoms with van der Waals surface area (Å²) in [6, 6.07) is 3.57. The third-order valence-electron chi connectivity index (χ3n) is 2.66. The Hall–Kier alpha value is -1.45. The number of carbonyl (C=O) groups excluding carboxylic acids is 1. The number of amides is 1. The highest BCUT2D eigenvalue weighted by atomic mass is 16.2. The summed E-state index contributed by atoms with van der Waals surface area (Å²) in [5.41, 5.74) is 1.30. The van der Waals surface area contributed by atoms with Crippen LogP contribution in [0.3, 0.4) is 0 Å². The maximum Gasteiger partial charge on any atom is 0.274 e. The van der Waals surface area contributed by atoms with E-state index in [1.54, 1.807) is 6.07 Å². The van der Waals surface area contributed by atoms with Gasteiger partial charge in [-0.2, -0.15) is 5.10 Å². The quantitative estimate of drug-likeness (QED) is 0.696. The van der Waals surface area contributed by atoms with Gasteiger partial charge < -0.3 is 4.90 Å². The van der Waals surface area contributed by atoms with Gasteiger partial charge in [0.25, 0.3) is 5.91 Å². The van der Waals surface area contributed by atoms with E-state index < -0.39 is 0 Å². The minimum atomic E-state index is 0.0159. The van der Waals surface area contributed by atoms with Gasteiger partial charge in [-0.25, -0.2) is 0 Å². The van der Waals surface area contributed by atoms with Crippen molar-refractivity contribution in [2.24, 2.45) is 0 Å². The molecule has 80 valence electrons. The zero-order valence-electron chi connectivity index (χ0n) is 8.94. The van der Waals surface area contributed by atoms with Crippen LogP contribution in [0.2, 0.25) is 0 Å². The zero-order valence-corrected chi connectivity index (χ0v) is 8.94. The molecule has 1 aromatic heterocycles. The molecule has 0 N–H and O–H groups in total. The molecule has 0 bridgehead atoms. The van der Waals surface area contributed by atoms with Gasteiger partial charge in [-0.3, -0.25) is 4.79 Å². The molecular formula is C11H15N3O. The Labute approximate surface area is 89.3 Å². The minimum Gasteiger partial charge on any atom is -0.337 e. The molecule has 4 heteroatoms. The Kier molecular flexibility index (Phi) is 2.94. The fourth-order valence-corrected chi connectivity index (χ4v) is 1.77. The number of hydrogen-bond donors (Lipinski definition) is 0. The molecule has 2 heterocycles. The van der Waals surface area contributed by atoms with Crippen LogP contribution in [0.4, 0.5) is 0 Å². The zero-order chi connectivity index (χ0) is 10.7. The van der Waals surface area contributed by atoms with E-state index in [2.05, 4.69) is 10.2 Å². The lowest BCUT2D eigenvalue weighted by Gasteiger charge is -2.26. The fourth-order valence-electron chi connectivity index (χ4n) is 1.77. The van der Waals surface area contributed by atoms with Crippen molar-refractivity contribution in [3.05, 3.63) is 23.5 Å². The van der Waals surface area contributed by atoms with Gasteiger partial charge in [0.05, 0.1) is 5.69 Å². The van der Waals surface area contributed by atoms with E-state index in [4.69, 9.17) is 0 Å². The largest absolute Gasteiger partial charge is 0.337 e. The molecule has 15 heavy (non-hydrogen) atoms. The van der Waals surface area contributed by atoms with Crippen LogP contribution in [0.15, 0.2) is 12.1 Å². The van der Waals surface area contributed by atoms with Gasteiger partial charge in [0.2, 0.25) is 0 Å². The molecular weight excluding hydrogens is 190 g/mol. The minimum absolute atomic E-state index is 0.0159. The molecule has 0 spiro atoms. The van der Waals surface area contributed by atoms with Crippen molar-refractivity contribution >= 4 is 5.91 Å². The third kappa shape index (κ3) is 2.32. The first kappa shape index (κ1) is 10.1. The summed E-state index contributed by atoms with van der Waals surface area (Å²) in [5.74, 6) is 0.0159. The second-order valence-electron chi connectivity index (χ2n) is 3.91. The molecule has 0 aliphatic carbocycles. The van der Waals surface area contributed by atoms with Gasteiger partial charge >= 0.3 is 0 Å². The maximum atomic E-state index is 11.9. The van der Waals surface area contributed by atoms with Gasteiger partial charge in [-0.15, -0.1) is 5.10 Å². The van der Waals surface area contributed by atoms with Crippen molar-refractivity contribution in [1.29, 1.82) is 0 Å². The predicted octanol–water partition coefficient (Wildman–Crippen LogP) is 1.41. The average Bonchev–Trinajstić information content (AvgIpc) is 2.30. The number of aryl methyl sites for hydroxylation is 1. The first-order valence-corrected chi connectivity index (χ1v) is 5.37. The Morgan fingerprint density at radius 2 is 1.93 bits per heavy atom. The number of carbonyl (C=O) groups is 1. The summed E-state index contributed by atoms with van der Waals surface area (Å²) in [6.07, 6.45) is 3.43. The lowest BCUT2D eigenvalue weighted by molar-refractivity contribution is 0.0717. The van der Waals surface area contributed by atoms with Crippen LogP contribution in [-0.2, 0) is 0 Å². The molecule has 4 nitrogen and oxygen atoms in total. The molecule has 2 rings (SSSR count). The van der Waals surface area contributed by atoms with E-state index in [9.17, 15) is 4.79 Å². The first-order chi connectivity index (χ1) is 7.27. The Balaban J connectivity index is 2.09. The van der Waals surface area contributed by atoms with Crippen LogP contribution in [-0.4, -0.2) is 34.1 Å². The van der Waals surface area contributed by atoms with Crippen molar-refractivity contribution in [2.75, 3.05) is 13.1 Å². The van der Waals surface area contributed by atoms with E-state index in [0.717, 1.165) is 31.6 Å². The summed E-state index contributed by atoms with van der Waals surface area (Å²) >= 11 is 0. The monoisotopic (exact) mass is 205 g/mol. The molecule has 1 saturated heterocycles. The van der Waals surface area contributed by atoms with E-state index >= 15 is 0 Å². The van der Waals surface area contributed by atoms with Gasteiger partial charge in [0, 0.05) is 13.1 Å². The second kappa shape index (κ2) is 4.38. The van der Waals surface area contributed by atoms with Gasteiger partial charge in [0.15, 0.2) is 5.69 Å². The van der Waals surface area contributed by atoms with Crippen LogP contribution in [0.5, 0.6) is 0 Å². The molecule has 1 aromatic rings. The molecule has 0 radical (unpaired) electrons. The first-order valence-electron chi connectivity index (χ1n) is 5.37. The molecule has 1 fully saturated rings. The summed E-state index contributed by atoms with van der Waals surface area (Å²) in [4.78, 5) is 13.8. The Morgan fingerprint density at radius 1 is 1.20 bits per heavy atom. The molecule has 1 aliphatic rings. The van der Waals surface area contributed by atoms with E-state index in [1.807, 2.05) is 17.9 Å². The molecule has 1 aliphatic heterocycles. The van der Waals surface area contributed by atoms with E-state index in [0.29, 0.717) is 5.69 Å². The lowest BCUT2D eigenvalue weighted by Crippen LogP contribution is -2.36. The normalized spacial score (nSPS) is 16.5. The van der Waals surface area contributed by atoms with Gasteiger partial charge in [-0.05, 0) is 38.3 Å². The number of piperidine rings is 1. The smallest absolute Gasteiger partial charge is 0.274 e. The average molecular weight is 205 g/mol. The summed E-state index contributed by atoms with van der Waals surface area (Å²) in [5, 5.41) is 7.81. The van der Waals surface area contributed by atoms with Crippen molar-refractivity contribution < 1.29 is 4.79 Å². The fraction of sp³-hybridized carbons (Fsp3) is 0.545. The molecule has 0 atom stereocenters. The van der Waals surface area contributed by atoms with Crippen molar-refractivity contribution in [2.45, 2.75) is 26.2 Å². The Morgan fingerprint density at radius 3 is 2.53 bits per heavy atom. The maximum absolute atomic E-state index is 11.9. The summed E-state index contributed by atoms with van der Waals surface area (Å²) in [7, 11) is 0. The van der Waals surface area contributed by atoms with Crippen molar-refractivity contribution in [1.82, 2.24) is 15.1 Å². The summed E-state index contributed by atoms with van der Waals surface area (Å²) in [6.45, 7) is 3.57. The highest BCUT2D eigenvalue weighted by molar-refractivity contribution is 5.92. The van der Waals surface area contributed by atoms with E-state index in [1.165, 1.54) is 6.42 Å². The number of nitrogens with zero attached hydrogens (tertiary/aromatic N) is 3. The van der Waals surface area contributed by atoms with Crippen LogP contribution in [0, 0.1) is 6.92 Å². The third-order valence-corrected chi connectivity index (χ3v) is 2.66. The molecule has 0 aromatic carbocycles. The van der Waals surface area contributed by atoms with E-state index in [-0.39, 0.29) is 5.91 Å². The number of aromatic nitrogens is 2. The summed E-state index contributed by atoms with van der Waals surface area (Å²) < 4.78 is 0. The Bertz CT molecular complexity index is 341. The number of hydrogen-bond acceptors (Lipinski definition) is 3. The topological polar surface area (TPSA) is 46.1 Å². The molecule has 1 amide bonds. The SMILES string of the molecule is Cc1ccc(C(=O)N2CCCCC2)nn1. The lowest BCUT2D eigenvalue weighted by atomic mass is 10.1. The predicted molar refractivity (Wildman–Crippen MR) is 56.5 cm³/mol. The standard InChI is InChI=1S/C11H15N3O/c1-9-5-6-10(13-12-9)11(15)14-7-3-2-4-8-14/h5-6H,2-4,7-8H2,1H3.